The molecule has 31 heavy (non-hydrogen) atoms. The van der Waals surface area contributed by atoms with E-state index < -0.39 is 5.97 Å². The van der Waals surface area contributed by atoms with Crippen molar-refractivity contribution in [1.82, 2.24) is 0 Å². The third-order valence-corrected chi connectivity index (χ3v) is 5.48. The molecule has 0 bridgehead atoms. The van der Waals surface area contributed by atoms with Gasteiger partial charge in [-0.05, 0) is 18.1 Å². The van der Waals surface area contributed by atoms with Crippen molar-refractivity contribution < 1.29 is 15.0 Å². The molecule has 3 nitrogen and oxygen atoms in total. The molecule has 0 aliphatic heterocycles. The zero-order valence-corrected chi connectivity index (χ0v) is 19.4. The third-order valence-electron chi connectivity index (χ3n) is 5.48. The second-order valence-corrected chi connectivity index (χ2v) is 8.27. The molecule has 0 aliphatic carbocycles. The van der Waals surface area contributed by atoms with Crippen LogP contribution in [0.5, 0.6) is 5.75 Å². The number of carbonyl (C=O) groups is 1. The number of hydrogen-bond acceptors (Lipinski definition) is 2. The lowest BCUT2D eigenvalue weighted by atomic mass is 10.0. The van der Waals surface area contributed by atoms with Gasteiger partial charge in [-0.2, -0.15) is 0 Å². The first-order valence-electron chi connectivity index (χ1n) is 12.2. The van der Waals surface area contributed by atoms with Gasteiger partial charge in [-0.15, -0.1) is 0 Å². The molecule has 0 spiro atoms. The topological polar surface area (TPSA) is 57.5 Å². The quantitative estimate of drug-likeness (QED) is 0.280. The highest BCUT2D eigenvalue weighted by Crippen LogP contribution is 2.27. The van der Waals surface area contributed by atoms with E-state index in [-0.39, 0.29) is 0 Å². The molecule has 0 unspecified atom stereocenters. The first-order chi connectivity index (χ1) is 15.1. The van der Waals surface area contributed by atoms with Crippen molar-refractivity contribution in [3.05, 3.63) is 54.6 Å². The van der Waals surface area contributed by atoms with Crippen LogP contribution in [0, 0.1) is 0 Å². The summed E-state index contributed by atoms with van der Waals surface area (Å²) in [4.78, 5) is 10.3. The van der Waals surface area contributed by atoms with Gasteiger partial charge in [0, 0.05) is 12.0 Å². The smallest absolute Gasteiger partial charge is 0.303 e. The first kappa shape index (κ1) is 26.7. The van der Waals surface area contributed by atoms with E-state index in [0.717, 1.165) is 24.0 Å². The number of hydrogen-bond donors (Lipinski definition) is 2. The van der Waals surface area contributed by atoms with Gasteiger partial charge in [0.05, 0.1) is 0 Å². The molecule has 0 saturated carbocycles. The van der Waals surface area contributed by atoms with E-state index in [9.17, 15) is 9.90 Å². The number of carboxylic acids is 1. The van der Waals surface area contributed by atoms with Crippen molar-refractivity contribution in [1.29, 1.82) is 0 Å². The third kappa shape index (κ3) is 14.4. The van der Waals surface area contributed by atoms with E-state index in [2.05, 4.69) is 6.92 Å². The van der Waals surface area contributed by atoms with Crippen LogP contribution in [0.3, 0.4) is 0 Å². The zero-order valence-electron chi connectivity index (χ0n) is 19.4. The van der Waals surface area contributed by atoms with Crippen LogP contribution in [0.15, 0.2) is 54.6 Å². The predicted molar refractivity (Wildman–Crippen MR) is 131 cm³/mol. The summed E-state index contributed by atoms with van der Waals surface area (Å²) >= 11 is 0. The van der Waals surface area contributed by atoms with Crippen molar-refractivity contribution in [3.8, 4) is 16.9 Å². The number of phenolic OH excluding ortho intramolecular Hbond substituents is 1. The highest BCUT2D eigenvalue weighted by Gasteiger charge is 2.00. The van der Waals surface area contributed by atoms with Crippen LogP contribution < -0.4 is 0 Å². The monoisotopic (exact) mass is 426 g/mol. The van der Waals surface area contributed by atoms with Crippen LogP contribution in [0.2, 0.25) is 0 Å². The largest absolute Gasteiger partial charge is 0.507 e. The fraction of sp³-hybridized carbons (Fsp3) is 0.536. The number of phenols is 1. The Bertz CT molecular complexity index is 682. The fourth-order valence-electron chi connectivity index (χ4n) is 3.63. The van der Waals surface area contributed by atoms with E-state index >= 15 is 0 Å². The minimum Gasteiger partial charge on any atom is -0.507 e. The maximum atomic E-state index is 10.3. The number of aromatic hydroxyl groups is 1. The number of benzene rings is 2. The van der Waals surface area contributed by atoms with Gasteiger partial charge < -0.3 is 10.2 Å². The molecular formula is C28H42O3. The van der Waals surface area contributed by atoms with Gasteiger partial charge in [0.2, 0.25) is 0 Å². The van der Waals surface area contributed by atoms with Crippen LogP contribution in [-0.4, -0.2) is 16.2 Å². The summed E-state index contributed by atoms with van der Waals surface area (Å²) < 4.78 is 0. The average Bonchev–Trinajstić information content (AvgIpc) is 2.78. The minimum atomic E-state index is -0.655. The molecule has 2 N–H and O–H groups in total. The normalized spacial score (nSPS) is 10.4. The Hall–Kier alpha value is -2.29. The molecule has 2 aromatic carbocycles. The summed E-state index contributed by atoms with van der Waals surface area (Å²) in [6, 6.07) is 17.2. The van der Waals surface area contributed by atoms with Gasteiger partial charge in [-0.25, -0.2) is 0 Å². The molecule has 172 valence electrons. The molecule has 0 amide bonds. The fourth-order valence-corrected chi connectivity index (χ4v) is 3.63. The van der Waals surface area contributed by atoms with E-state index in [1.165, 1.54) is 70.6 Å². The Kier molecular flexibility index (Phi) is 15.9. The van der Waals surface area contributed by atoms with Crippen LogP contribution in [0.1, 0.15) is 96.8 Å². The summed E-state index contributed by atoms with van der Waals surface area (Å²) in [6.07, 6.45) is 17.3. The number of carboxylic acid groups (broad SMARTS) is 1. The second-order valence-electron chi connectivity index (χ2n) is 8.27. The standard InChI is InChI=1S/C16H32O2.C12H10O/c1-2-3-4-5-6-7-8-9-10-11-12-13-14-15-16(17)18;13-12-9-5-4-8-11(12)10-6-2-1-3-7-10/h2-15H2,1H3,(H,17,18);1-9,13H. The predicted octanol–water partition coefficient (Wildman–Crippen LogP) is 8.61. The molecule has 0 aromatic heterocycles. The first-order valence-corrected chi connectivity index (χ1v) is 12.2. The molecule has 0 fully saturated rings. The van der Waals surface area contributed by atoms with Crippen LogP contribution in [0.4, 0.5) is 0 Å². The molecule has 0 radical (unpaired) electrons. The molecule has 0 heterocycles. The Morgan fingerprint density at radius 1 is 0.645 bits per heavy atom. The molecule has 0 saturated heterocycles. The Morgan fingerprint density at radius 2 is 1.10 bits per heavy atom. The van der Waals surface area contributed by atoms with Crippen LogP contribution >= 0.6 is 0 Å². The summed E-state index contributed by atoms with van der Waals surface area (Å²) in [5.74, 6) is -0.327. The molecule has 2 aromatic rings. The summed E-state index contributed by atoms with van der Waals surface area (Å²) in [6.45, 7) is 2.26. The number of aliphatic carboxylic acids is 1. The Morgan fingerprint density at radius 3 is 1.58 bits per heavy atom. The van der Waals surface area contributed by atoms with Gasteiger partial charge >= 0.3 is 5.97 Å². The maximum absolute atomic E-state index is 10.3. The second kappa shape index (κ2) is 18.5. The Labute approximate surface area is 189 Å². The number of unbranched alkanes of at least 4 members (excludes halogenated alkanes) is 12. The SMILES string of the molecule is CCCCCCCCCCCCCCCC(=O)O.Oc1ccccc1-c1ccccc1. The van der Waals surface area contributed by atoms with Crippen molar-refractivity contribution in [3.63, 3.8) is 0 Å². The molecule has 3 heteroatoms. The molecule has 0 atom stereocenters. The summed E-state index contributed by atoms with van der Waals surface area (Å²) in [5.41, 5.74) is 1.92. The zero-order chi connectivity index (χ0) is 22.6. The van der Waals surface area contributed by atoms with E-state index in [1.807, 2.05) is 48.5 Å². The van der Waals surface area contributed by atoms with Crippen molar-refractivity contribution in [2.75, 3.05) is 0 Å². The lowest BCUT2D eigenvalue weighted by Crippen LogP contribution is -1.93. The van der Waals surface area contributed by atoms with E-state index in [0.29, 0.717) is 12.2 Å². The van der Waals surface area contributed by atoms with Crippen LogP contribution in [-0.2, 0) is 4.79 Å². The van der Waals surface area contributed by atoms with E-state index in [1.54, 1.807) is 6.07 Å². The minimum absolute atomic E-state index is 0.328. The highest BCUT2D eigenvalue weighted by atomic mass is 16.4. The molecule has 0 aliphatic rings. The van der Waals surface area contributed by atoms with Crippen molar-refractivity contribution >= 4 is 5.97 Å². The number of rotatable bonds is 15. The van der Waals surface area contributed by atoms with Gasteiger partial charge in [0.25, 0.3) is 0 Å². The summed E-state index contributed by atoms with van der Waals surface area (Å²) in [7, 11) is 0. The van der Waals surface area contributed by atoms with E-state index in [4.69, 9.17) is 5.11 Å². The summed E-state index contributed by atoms with van der Waals surface area (Å²) in [5, 5.41) is 18.1. The van der Waals surface area contributed by atoms with Gasteiger partial charge in [0.15, 0.2) is 0 Å². The number of para-hydroxylation sites is 1. The lowest BCUT2D eigenvalue weighted by molar-refractivity contribution is -0.137. The van der Waals surface area contributed by atoms with Crippen LogP contribution in [0.25, 0.3) is 11.1 Å². The molecule has 2 rings (SSSR count). The molecular weight excluding hydrogens is 384 g/mol. The maximum Gasteiger partial charge on any atom is 0.303 e. The van der Waals surface area contributed by atoms with Gasteiger partial charge in [-0.3, -0.25) is 4.79 Å². The van der Waals surface area contributed by atoms with Gasteiger partial charge in [-0.1, -0.05) is 133 Å². The van der Waals surface area contributed by atoms with Crippen molar-refractivity contribution in [2.24, 2.45) is 0 Å². The highest BCUT2D eigenvalue weighted by molar-refractivity contribution is 5.69. The lowest BCUT2D eigenvalue weighted by Gasteiger charge is -2.02. The van der Waals surface area contributed by atoms with Crippen molar-refractivity contribution in [2.45, 2.75) is 96.8 Å². The van der Waals surface area contributed by atoms with Gasteiger partial charge in [0.1, 0.15) is 5.75 Å². The average molecular weight is 427 g/mol. The Balaban J connectivity index is 0.000000323.